The van der Waals surface area contributed by atoms with Crippen molar-refractivity contribution in [2.45, 2.75) is 0 Å². The molecule has 102 valence electrons. The molecule has 7 nitrogen and oxygen atoms in total. The summed E-state index contributed by atoms with van der Waals surface area (Å²) < 4.78 is 0. The number of pyridine rings is 1. The molecule has 5 N–H and O–H groups in total. The average molecular weight is 273 g/mol. The molecule has 0 atom stereocenters. The molecule has 0 aliphatic heterocycles. The summed E-state index contributed by atoms with van der Waals surface area (Å²) in [5.74, 6) is -1.87. The van der Waals surface area contributed by atoms with Crippen molar-refractivity contribution >= 4 is 17.5 Å². The molecule has 0 saturated carbocycles. The molecule has 0 bridgehead atoms. The number of rotatable bonds is 2. The van der Waals surface area contributed by atoms with Crippen molar-refractivity contribution in [1.82, 2.24) is 10.3 Å². The van der Waals surface area contributed by atoms with Gasteiger partial charge in [0.1, 0.15) is 0 Å². The number of benzene rings is 1. The zero-order chi connectivity index (χ0) is 14.7. The molecule has 0 aliphatic rings. The van der Waals surface area contributed by atoms with Crippen LogP contribution in [0.2, 0.25) is 0 Å². The van der Waals surface area contributed by atoms with Crippen LogP contribution >= 0.6 is 0 Å². The number of aromatic hydroxyl groups is 1. The summed E-state index contributed by atoms with van der Waals surface area (Å²) in [5, 5.41) is 11.3. The van der Waals surface area contributed by atoms with E-state index in [1.165, 1.54) is 24.3 Å². The number of H-pyrrole nitrogens is 1. The van der Waals surface area contributed by atoms with Gasteiger partial charge in [-0.3, -0.25) is 24.7 Å². The van der Waals surface area contributed by atoms with Crippen molar-refractivity contribution < 1.29 is 14.7 Å². The van der Waals surface area contributed by atoms with Crippen LogP contribution in [0.3, 0.4) is 0 Å². The van der Waals surface area contributed by atoms with Gasteiger partial charge >= 0.3 is 0 Å². The number of aromatic amines is 1. The Hall–Kier alpha value is -3.09. The molecule has 1 heterocycles. The topological polar surface area (TPSA) is 125 Å². The minimum atomic E-state index is -0.784. The van der Waals surface area contributed by atoms with Gasteiger partial charge in [0, 0.05) is 23.4 Å². The lowest BCUT2D eigenvalue weighted by atomic mass is 10.2. The van der Waals surface area contributed by atoms with Crippen molar-refractivity contribution in [3.63, 3.8) is 0 Å². The summed E-state index contributed by atoms with van der Waals surface area (Å²) in [7, 11) is 0. The highest BCUT2D eigenvalue weighted by molar-refractivity contribution is 6.10. The molecule has 2 aromatic rings. The number of amides is 2. The predicted octanol–water partition coefficient (Wildman–Crippen LogP) is 0.233. The molecule has 2 rings (SSSR count). The van der Waals surface area contributed by atoms with Gasteiger partial charge in [-0.1, -0.05) is 0 Å². The van der Waals surface area contributed by atoms with Crippen LogP contribution < -0.4 is 16.6 Å². The van der Waals surface area contributed by atoms with Crippen molar-refractivity contribution in [3.8, 4) is 5.88 Å². The van der Waals surface area contributed by atoms with Gasteiger partial charge in [-0.05, 0) is 24.3 Å². The SMILES string of the molecule is Nc1ccc(C(=O)NC(=O)c2cc(O)[nH]c(=O)c2)cc1. The first-order valence-corrected chi connectivity index (χ1v) is 5.60. The van der Waals surface area contributed by atoms with E-state index in [9.17, 15) is 19.5 Å². The number of imide groups is 1. The quantitative estimate of drug-likeness (QED) is 0.460. The van der Waals surface area contributed by atoms with Crippen molar-refractivity contribution in [2.75, 3.05) is 5.73 Å². The van der Waals surface area contributed by atoms with Crippen LogP contribution in [-0.2, 0) is 0 Å². The zero-order valence-electron chi connectivity index (χ0n) is 10.2. The summed E-state index contributed by atoms with van der Waals surface area (Å²) >= 11 is 0. The number of hydrogen-bond donors (Lipinski definition) is 4. The van der Waals surface area contributed by atoms with Gasteiger partial charge in [0.2, 0.25) is 0 Å². The maximum Gasteiger partial charge on any atom is 0.258 e. The van der Waals surface area contributed by atoms with E-state index in [2.05, 4.69) is 10.3 Å². The van der Waals surface area contributed by atoms with Crippen LogP contribution in [0.25, 0.3) is 0 Å². The van der Waals surface area contributed by atoms with Crippen LogP contribution in [0.15, 0.2) is 41.2 Å². The van der Waals surface area contributed by atoms with E-state index in [1.807, 2.05) is 0 Å². The third kappa shape index (κ3) is 3.02. The fourth-order valence-corrected chi connectivity index (χ4v) is 1.54. The Balaban J connectivity index is 2.17. The van der Waals surface area contributed by atoms with Crippen LogP contribution in [0.4, 0.5) is 5.69 Å². The summed E-state index contributed by atoms with van der Waals surface area (Å²) in [5.41, 5.74) is 5.47. The highest BCUT2D eigenvalue weighted by Gasteiger charge is 2.13. The molecule has 0 fully saturated rings. The molecule has 7 heteroatoms. The lowest BCUT2D eigenvalue weighted by Crippen LogP contribution is -2.31. The smallest absolute Gasteiger partial charge is 0.258 e. The Morgan fingerprint density at radius 2 is 1.65 bits per heavy atom. The lowest BCUT2D eigenvalue weighted by Gasteiger charge is -2.04. The fraction of sp³-hybridized carbons (Fsp3) is 0. The molecule has 1 aromatic heterocycles. The highest BCUT2D eigenvalue weighted by Crippen LogP contribution is 2.07. The third-order valence-electron chi connectivity index (χ3n) is 2.49. The minimum absolute atomic E-state index is 0.116. The lowest BCUT2D eigenvalue weighted by molar-refractivity contribution is 0.0849. The van der Waals surface area contributed by atoms with Gasteiger partial charge in [-0.2, -0.15) is 0 Å². The number of nitrogens with two attached hydrogens (primary N) is 1. The maximum atomic E-state index is 11.8. The Kier molecular flexibility index (Phi) is 3.52. The number of anilines is 1. The van der Waals surface area contributed by atoms with Gasteiger partial charge in [-0.15, -0.1) is 0 Å². The largest absolute Gasteiger partial charge is 0.494 e. The normalized spacial score (nSPS) is 10.0. The number of aromatic nitrogens is 1. The van der Waals surface area contributed by atoms with E-state index >= 15 is 0 Å². The first-order chi connectivity index (χ1) is 9.45. The summed E-state index contributed by atoms with van der Waals surface area (Å²) in [6.45, 7) is 0. The predicted molar refractivity (Wildman–Crippen MR) is 71.4 cm³/mol. The van der Waals surface area contributed by atoms with Crippen LogP contribution in [0.1, 0.15) is 20.7 Å². The Morgan fingerprint density at radius 3 is 2.25 bits per heavy atom. The average Bonchev–Trinajstić information content (AvgIpc) is 2.38. The molecule has 0 spiro atoms. The Morgan fingerprint density at radius 1 is 1.05 bits per heavy atom. The fourth-order valence-electron chi connectivity index (χ4n) is 1.54. The molecule has 0 aliphatic carbocycles. The summed E-state index contributed by atoms with van der Waals surface area (Å²) in [6, 6.07) is 8.01. The van der Waals surface area contributed by atoms with Gasteiger partial charge in [0.15, 0.2) is 5.88 Å². The van der Waals surface area contributed by atoms with Crippen molar-refractivity contribution in [3.05, 3.63) is 57.9 Å². The highest BCUT2D eigenvalue weighted by atomic mass is 16.3. The van der Waals surface area contributed by atoms with Gasteiger partial charge in [0.25, 0.3) is 17.4 Å². The van der Waals surface area contributed by atoms with Crippen LogP contribution in [-0.4, -0.2) is 21.9 Å². The van der Waals surface area contributed by atoms with Crippen LogP contribution in [0.5, 0.6) is 5.88 Å². The Bertz CT molecular complexity index is 719. The number of nitrogens with one attached hydrogen (secondary N) is 2. The van der Waals surface area contributed by atoms with E-state index in [-0.39, 0.29) is 11.1 Å². The van der Waals surface area contributed by atoms with E-state index in [4.69, 9.17) is 5.73 Å². The monoisotopic (exact) mass is 273 g/mol. The second kappa shape index (κ2) is 5.27. The minimum Gasteiger partial charge on any atom is -0.494 e. The van der Waals surface area contributed by atoms with Crippen molar-refractivity contribution in [1.29, 1.82) is 0 Å². The second-order valence-corrected chi connectivity index (χ2v) is 4.02. The van der Waals surface area contributed by atoms with Crippen LogP contribution in [0, 0.1) is 0 Å². The molecule has 0 radical (unpaired) electrons. The number of hydrogen-bond acceptors (Lipinski definition) is 5. The van der Waals surface area contributed by atoms with E-state index in [1.54, 1.807) is 0 Å². The number of carbonyl (C=O) groups is 2. The summed E-state index contributed by atoms with van der Waals surface area (Å²) in [4.78, 5) is 36.8. The standard InChI is InChI=1S/C13H11N3O4/c14-9-3-1-7(2-4-9)12(19)16-13(20)8-5-10(17)15-11(18)6-8/h1-6H,14H2,(H2,15,17,18)(H,16,19,20). The summed E-state index contributed by atoms with van der Waals surface area (Å²) in [6.07, 6.45) is 0. The van der Waals surface area contributed by atoms with Crippen molar-refractivity contribution in [2.24, 2.45) is 0 Å². The zero-order valence-corrected chi connectivity index (χ0v) is 10.2. The number of nitrogen functional groups attached to an aromatic ring is 1. The molecule has 20 heavy (non-hydrogen) atoms. The number of carbonyl (C=O) groups excluding carboxylic acids is 2. The molecule has 1 aromatic carbocycles. The van der Waals surface area contributed by atoms with E-state index in [0.29, 0.717) is 5.69 Å². The van der Waals surface area contributed by atoms with Gasteiger partial charge in [0.05, 0.1) is 5.56 Å². The molecular weight excluding hydrogens is 262 g/mol. The molecule has 2 amide bonds. The van der Waals surface area contributed by atoms with Gasteiger partial charge < -0.3 is 10.8 Å². The second-order valence-electron chi connectivity index (χ2n) is 4.02. The van der Waals surface area contributed by atoms with E-state index in [0.717, 1.165) is 12.1 Å². The maximum absolute atomic E-state index is 11.8. The molecule has 0 unspecified atom stereocenters. The first-order valence-electron chi connectivity index (χ1n) is 5.60. The van der Waals surface area contributed by atoms with Gasteiger partial charge in [-0.25, -0.2) is 0 Å². The van der Waals surface area contributed by atoms with E-state index < -0.39 is 23.3 Å². The molecular formula is C13H11N3O4. The first kappa shape index (κ1) is 13.3. The third-order valence-corrected chi connectivity index (χ3v) is 2.49. The molecule has 0 saturated heterocycles. The Labute approximate surface area is 113 Å².